The maximum Gasteiger partial charge on any atom is 0.228 e. The van der Waals surface area contributed by atoms with Gasteiger partial charge < -0.3 is 4.90 Å². The van der Waals surface area contributed by atoms with E-state index in [4.69, 9.17) is 11.6 Å². The first-order chi connectivity index (χ1) is 14.9. The maximum absolute atomic E-state index is 13.3. The molecule has 3 heterocycles. The lowest BCUT2D eigenvalue weighted by Crippen LogP contribution is -2.46. The molecule has 1 aliphatic carbocycles. The van der Waals surface area contributed by atoms with E-state index in [9.17, 15) is 4.79 Å². The molecule has 0 bridgehead atoms. The summed E-state index contributed by atoms with van der Waals surface area (Å²) >= 11 is 6.29. The molecule has 2 fully saturated rings. The summed E-state index contributed by atoms with van der Waals surface area (Å²) in [5, 5.41) is 9.96. The third-order valence-corrected chi connectivity index (χ3v) is 7.74. The Labute approximate surface area is 189 Å². The van der Waals surface area contributed by atoms with E-state index in [1.165, 1.54) is 24.8 Å². The summed E-state index contributed by atoms with van der Waals surface area (Å²) < 4.78 is 2.25. The SMILES string of the molecule is CN1Cc2cc(Cl)ccc2-n2c(nnc2C2CCN(C(=O)C3(C)CCCCC3)CC2)C1. The highest BCUT2D eigenvalue weighted by Gasteiger charge is 2.39. The van der Waals surface area contributed by atoms with Gasteiger partial charge in [0.15, 0.2) is 5.82 Å². The Morgan fingerprint density at radius 2 is 1.84 bits per heavy atom. The molecule has 2 aromatic rings. The Bertz CT molecular complexity index is 972. The van der Waals surface area contributed by atoms with E-state index in [1.807, 2.05) is 6.07 Å². The summed E-state index contributed by atoms with van der Waals surface area (Å²) in [5.74, 6) is 2.69. The number of amides is 1. The number of nitrogens with zero attached hydrogens (tertiary/aromatic N) is 5. The first-order valence-electron chi connectivity index (χ1n) is 11.7. The second kappa shape index (κ2) is 8.21. The van der Waals surface area contributed by atoms with Gasteiger partial charge in [0.05, 0.1) is 12.2 Å². The molecule has 1 aromatic carbocycles. The van der Waals surface area contributed by atoms with Gasteiger partial charge in [-0.3, -0.25) is 14.3 Å². The molecule has 31 heavy (non-hydrogen) atoms. The van der Waals surface area contributed by atoms with Gasteiger partial charge in [-0.25, -0.2) is 0 Å². The lowest BCUT2D eigenvalue weighted by molar-refractivity contribution is -0.144. The number of piperidine rings is 1. The van der Waals surface area contributed by atoms with Crippen molar-refractivity contribution in [3.63, 3.8) is 0 Å². The second-order valence-corrected chi connectivity index (χ2v) is 10.4. The van der Waals surface area contributed by atoms with E-state index in [2.05, 4.69) is 50.7 Å². The van der Waals surface area contributed by atoms with Crippen molar-refractivity contribution in [3.05, 3.63) is 40.4 Å². The van der Waals surface area contributed by atoms with Gasteiger partial charge in [-0.05, 0) is 56.5 Å². The minimum Gasteiger partial charge on any atom is -0.342 e. The molecule has 7 heteroatoms. The molecule has 1 saturated carbocycles. The van der Waals surface area contributed by atoms with Crippen LogP contribution < -0.4 is 0 Å². The topological polar surface area (TPSA) is 54.3 Å². The van der Waals surface area contributed by atoms with Gasteiger partial charge in [0.25, 0.3) is 0 Å². The Morgan fingerprint density at radius 1 is 1.10 bits per heavy atom. The Morgan fingerprint density at radius 3 is 2.58 bits per heavy atom. The summed E-state index contributed by atoms with van der Waals surface area (Å²) in [4.78, 5) is 17.6. The number of hydrogen-bond acceptors (Lipinski definition) is 4. The van der Waals surface area contributed by atoms with Gasteiger partial charge >= 0.3 is 0 Å². The summed E-state index contributed by atoms with van der Waals surface area (Å²) in [7, 11) is 2.10. The molecule has 5 rings (SSSR count). The number of aromatic nitrogens is 3. The molecule has 166 valence electrons. The number of carbonyl (C=O) groups is 1. The lowest BCUT2D eigenvalue weighted by Gasteiger charge is -2.40. The second-order valence-electron chi connectivity index (χ2n) is 9.94. The van der Waals surface area contributed by atoms with Crippen LogP contribution in [0.15, 0.2) is 18.2 Å². The molecule has 1 amide bonds. The highest BCUT2D eigenvalue weighted by molar-refractivity contribution is 6.30. The Hall–Kier alpha value is -1.92. The van der Waals surface area contributed by atoms with Gasteiger partial charge in [-0.1, -0.05) is 37.8 Å². The number of carbonyl (C=O) groups excluding carboxylic acids is 1. The molecular weight excluding hydrogens is 410 g/mol. The van der Waals surface area contributed by atoms with Crippen LogP contribution in [0.5, 0.6) is 0 Å². The molecule has 0 spiro atoms. The molecule has 1 aromatic heterocycles. The normalized spacial score (nSPS) is 22.0. The number of rotatable bonds is 2. The first-order valence-corrected chi connectivity index (χ1v) is 12.0. The number of likely N-dealkylation sites (tertiary alicyclic amines) is 1. The van der Waals surface area contributed by atoms with E-state index in [-0.39, 0.29) is 5.41 Å². The highest BCUT2D eigenvalue weighted by atomic mass is 35.5. The Balaban J connectivity index is 1.37. The molecule has 0 atom stereocenters. The number of benzene rings is 1. The van der Waals surface area contributed by atoms with Crippen LogP contribution in [0.25, 0.3) is 5.69 Å². The molecule has 0 unspecified atom stereocenters. The van der Waals surface area contributed by atoms with E-state index in [0.717, 1.165) is 74.2 Å². The average Bonchev–Trinajstić information content (AvgIpc) is 3.11. The van der Waals surface area contributed by atoms with Crippen LogP contribution in [-0.4, -0.2) is 50.6 Å². The molecule has 0 N–H and O–H groups in total. The van der Waals surface area contributed by atoms with E-state index >= 15 is 0 Å². The van der Waals surface area contributed by atoms with Crippen LogP contribution >= 0.6 is 11.6 Å². The highest BCUT2D eigenvalue weighted by Crippen LogP contribution is 2.39. The molecule has 3 aliphatic rings. The van der Waals surface area contributed by atoms with Crippen LogP contribution in [0, 0.1) is 5.41 Å². The fraction of sp³-hybridized carbons (Fsp3) is 0.625. The third kappa shape index (κ3) is 3.89. The molecule has 2 aliphatic heterocycles. The number of fused-ring (bicyclic) bond motifs is 3. The van der Waals surface area contributed by atoms with Gasteiger partial charge in [-0.2, -0.15) is 0 Å². The summed E-state index contributed by atoms with van der Waals surface area (Å²) in [6.45, 7) is 5.40. The van der Waals surface area contributed by atoms with Crippen molar-refractivity contribution in [1.29, 1.82) is 0 Å². The fourth-order valence-corrected chi connectivity index (χ4v) is 5.91. The zero-order valence-electron chi connectivity index (χ0n) is 18.6. The van der Waals surface area contributed by atoms with Crippen molar-refractivity contribution in [2.75, 3.05) is 20.1 Å². The van der Waals surface area contributed by atoms with Crippen molar-refractivity contribution < 1.29 is 4.79 Å². The van der Waals surface area contributed by atoms with E-state index in [1.54, 1.807) is 0 Å². The molecular formula is C24H32ClN5O. The largest absolute Gasteiger partial charge is 0.342 e. The van der Waals surface area contributed by atoms with Crippen molar-refractivity contribution in [3.8, 4) is 5.69 Å². The molecule has 0 radical (unpaired) electrons. The minimum atomic E-state index is -0.153. The van der Waals surface area contributed by atoms with Crippen LogP contribution in [0.1, 0.15) is 75.0 Å². The maximum atomic E-state index is 13.3. The van der Waals surface area contributed by atoms with Gasteiger partial charge in [0, 0.05) is 36.0 Å². The fourth-order valence-electron chi connectivity index (χ4n) is 5.72. The summed E-state index contributed by atoms with van der Waals surface area (Å²) in [6, 6.07) is 6.10. The van der Waals surface area contributed by atoms with Crippen molar-refractivity contribution in [1.82, 2.24) is 24.6 Å². The van der Waals surface area contributed by atoms with Crippen LogP contribution in [0.3, 0.4) is 0 Å². The van der Waals surface area contributed by atoms with Crippen molar-refractivity contribution >= 4 is 17.5 Å². The van der Waals surface area contributed by atoms with Gasteiger partial charge in [0.1, 0.15) is 5.82 Å². The van der Waals surface area contributed by atoms with Crippen LogP contribution in [-0.2, 0) is 17.9 Å². The van der Waals surface area contributed by atoms with Crippen molar-refractivity contribution in [2.45, 2.75) is 70.9 Å². The van der Waals surface area contributed by atoms with Crippen LogP contribution in [0.4, 0.5) is 0 Å². The van der Waals surface area contributed by atoms with E-state index in [0.29, 0.717) is 11.8 Å². The smallest absolute Gasteiger partial charge is 0.228 e. The lowest BCUT2D eigenvalue weighted by atomic mass is 9.74. The quantitative estimate of drug-likeness (QED) is 0.686. The standard InChI is InChI=1S/C24H32ClN5O/c1-24(10-4-3-5-11-24)23(31)29-12-8-17(9-13-29)22-27-26-21-16-28(2)15-18-14-19(25)6-7-20(18)30(21)22/h6-7,14,17H,3-5,8-13,15-16H2,1-2H3. The summed E-state index contributed by atoms with van der Waals surface area (Å²) in [6.07, 6.45) is 7.60. The van der Waals surface area contributed by atoms with E-state index < -0.39 is 0 Å². The predicted molar refractivity (Wildman–Crippen MR) is 121 cm³/mol. The predicted octanol–water partition coefficient (Wildman–Crippen LogP) is 4.54. The molecule has 6 nitrogen and oxygen atoms in total. The monoisotopic (exact) mass is 441 g/mol. The summed E-state index contributed by atoms with van der Waals surface area (Å²) in [5.41, 5.74) is 2.18. The Kier molecular flexibility index (Phi) is 5.55. The van der Waals surface area contributed by atoms with Gasteiger partial charge in [-0.15, -0.1) is 10.2 Å². The van der Waals surface area contributed by atoms with Crippen LogP contribution in [0.2, 0.25) is 5.02 Å². The van der Waals surface area contributed by atoms with Gasteiger partial charge in [0.2, 0.25) is 5.91 Å². The zero-order chi connectivity index (χ0) is 21.6. The first kappa shape index (κ1) is 21.0. The number of hydrogen-bond donors (Lipinski definition) is 0. The average molecular weight is 442 g/mol. The minimum absolute atomic E-state index is 0.153. The third-order valence-electron chi connectivity index (χ3n) is 7.51. The van der Waals surface area contributed by atoms with Crippen molar-refractivity contribution in [2.24, 2.45) is 5.41 Å². The zero-order valence-corrected chi connectivity index (χ0v) is 19.4. The molecule has 1 saturated heterocycles. The number of halogens is 1.